The van der Waals surface area contributed by atoms with Gasteiger partial charge in [-0.15, -0.1) is 0 Å². The van der Waals surface area contributed by atoms with Crippen molar-refractivity contribution >= 4 is 90.6 Å². The molecule has 0 spiro atoms. The summed E-state index contributed by atoms with van der Waals surface area (Å²) in [6, 6.07) is 48.7. The van der Waals surface area contributed by atoms with Crippen LogP contribution in [0.2, 0.25) is 43.3 Å². The molecule has 0 radical (unpaired) electrons. The van der Waals surface area contributed by atoms with Crippen LogP contribution in [-0.2, 0) is 37.4 Å². The zero-order valence-corrected chi connectivity index (χ0v) is 58.0. The Bertz CT molecular complexity index is 3190. The quantitative estimate of drug-likeness (QED) is 0.0408. The van der Waals surface area contributed by atoms with Gasteiger partial charge >= 0.3 is 0 Å². The van der Waals surface area contributed by atoms with Gasteiger partial charge in [-0.25, -0.2) is 9.97 Å². The Morgan fingerprint density at radius 1 is 0.500 bits per heavy atom. The fourth-order valence-corrected chi connectivity index (χ4v) is 29.9. The van der Waals surface area contributed by atoms with Crippen LogP contribution in [-0.4, -0.2) is 63.1 Å². The highest BCUT2D eigenvalue weighted by molar-refractivity contribution is 14.1. The standard InChI is InChI=1S/C36H48ClN3Si.C20H23NO.C16H24ClIN2Si/c1-26(2)41(27(3)4,28(5)6)40-20-19-33-34(35(37)23-38-36(33)40)22-31-17-18-32(21-31)39(24-29-13-9-7-10-14-29)25-30-15-11-8-12-16-30;22-16-19-11-12-20(13-19)21(14-17-7-3-1-4-8-17)15-18-9-5-2-6-10-18;1-10(2)21(11(3)4,12(5)6)20-8-7-13-15(18)14(17)9-19-16(13)20/h7-16,19-20,23,26-28,31-32H,17-18,21-22,24-25H2,1-6H3;1-10,16,19-20H,11-15H2;7-12H,1-6H3/t31?,32-;19?,20-;/m11./s1. The van der Waals surface area contributed by atoms with Crippen molar-refractivity contribution in [3.8, 4) is 0 Å². The van der Waals surface area contributed by atoms with Crippen LogP contribution >= 0.6 is 45.8 Å². The molecule has 2 saturated carbocycles. The highest BCUT2D eigenvalue weighted by Crippen LogP contribution is 2.47. The highest BCUT2D eigenvalue weighted by atomic mass is 127. The van der Waals surface area contributed by atoms with Crippen LogP contribution in [0.4, 0.5) is 0 Å². The average Bonchev–Trinajstić information content (AvgIpc) is 2.32. The van der Waals surface area contributed by atoms with E-state index in [0.717, 1.165) is 83.1 Å². The first kappa shape index (κ1) is 65.6. The molecule has 0 N–H and O–H groups in total. The first-order valence-corrected chi connectivity index (χ1v) is 37.6. The van der Waals surface area contributed by atoms with E-state index in [1.54, 1.807) is 6.20 Å². The van der Waals surface area contributed by atoms with E-state index in [0.29, 0.717) is 51.2 Å². The second-order valence-electron chi connectivity index (χ2n) is 26.2. The van der Waals surface area contributed by atoms with Crippen molar-refractivity contribution in [3.05, 3.63) is 200 Å². The maximum absolute atomic E-state index is 11.1. The molecule has 12 heteroatoms. The number of benzene rings is 4. The number of carbonyl (C=O) groups excluding carboxylic acids is 1. The van der Waals surface area contributed by atoms with Gasteiger partial charge in [0.1, 0.15) is 17.6 Å². The van der Waals surface area contributed by atoms with E-state index < -0.39 is 16.5 Å². The number of carbonyl (C=O) groups is 1. The van der Waals surface area contributed by atoms with Gasteiger partial charge in [-0.3, -0.25) is 9.80 Å². The van der Waals surface area contributed by atoms with Crippen LogP contribution < -0.4 is 0 Å². The molecule has 0 amide bonds. The molecule has 2 unspecified atom stereocenters. The van der Waals surface area contributed by atoms with E-state index in [4.69, 9.17) is 28.2 Å². The van der Waals surface area contributed by atoms with E-state index in [-0.39, 0.29) is 5.92 Å². The number of aromatic nitrogens is 4. The zero-order valence-electron chi connectivity index (χ0n) is 52.4. The summed E-state index contributed by atoms with van der Waals surface area (Å²) in [5.74, 6) is 0.877. The third-order valence-electron chi connectivity index (χ3n) is 19.4. The lowest BCUT2D eigenvalue weighted by Gasteiger charge is -2.44. The Morgan fingerprint density at radius 3 is 1.24 bits per heavy atom. The number of aldehydes is 1. The number of hydrogen-bond donors (Lipinski definition) is 0. The van der Waals surface area contributed by atoms with Gasteiger partial charge in [0.15, 0.2) is 16.5 Å². The van der Waals surface area contributed by atoms with Crippen LogP contribution in [0.5, 0.6) is 0 Å². The second-order valence-corrected chi connectivity index (χ2v) is 39.5. The molecule has 0 aliphatic heterocycles. The molecule has 0 bridgehead atoms. The van der Waals surface area contributed by atoms with Gasteiger partial charge < -0.3 is 13.3 Å². The van der Waals surface area contributed by atoms with Gasteiger partial charge in [0, 0.05) is 70.9 Å². The predicted molar refractivity (Wildman–Crippen MR) is 371 cm³/mol. The molecule has 0 saturated heterocycles. The summed E-state index contributed by atoms with van der Waals surface area (Å²) < 4.78 is 6.26. The molecule has 4 heterocycles. The van der Waals surface area contributed by atoms with E-state index >= 15 is 0 Å². The number of hydrogen-bond acceptors (Lipinski definition) is 5. The monoisotopic (exact) mass is 1310 g/mol. The number of nitrogens with zero attached hydrogens (tertiary/aromatic N) is 6. The molecule has 2 aliphatic rings. The molecule has 84 heavy (non-hydrogen) atoms. The molecule has 4 aromatic heterocycles. The predicted octanol–water partition coefficient (Wildman–Crippen LogP) is 20.5. The third kappa shape index (κ3) is 14.8. The first-order chi connectivity index (χ1) is 40.3. The van der Waals surface area contributed by atoms with Gasteiger partial charge in [-0.1, -0.05) is 228 Å². The zero-order chi connectivity index (χ0) is 60.3. The Morgan fingerprint density at radius 2 is 0.857 bits per heavy atom. The third-order valence-corrected chi connectivity index (χ3v) is 34.9. The minimum atomic E-state index is -1.90. The highest BCUT2D eigenvalue weighted by Gasteiger charge is 2.47. The maximum atomic E-state index is 11.1. The van der Waals surface area contributed by atoms with Gasteiger partial charge in [-0.2, -0.15) is 0 Å². The lowest BCUT2D eigenvalue weighted by atomic mass is 9.96. The molecule has 4 atom stereocenters. The maximum Gasteiger partial charge on any atom is 0.171 e. The molecule has 2 fully saturated rings. The largest absolute Gasteiger partial charge is 0.359 e. The van der Waals surface area contributed by atoms with E-state index in [1.807, 2.05) is 6.20 Å². The lowest BCUT2D eigenvalue weighted by Crippen LogP contribution is -2.51. The molecular formula is C72H95Cl2IN6OSi2. The van der Waals surface area contributed by atoms with E-state index in [2.05, 4.69) is 275 Å². The van der Waals surface area contributed by atoms with Crippen molar-refractivity contribution in [3.63, 3.8) is 0 Å². The summed E-state index contributed by atoms with van der Waals surface area (Å²) in [6.45, 7) is 32.6. The van der Waals surface area contributed by atoms with Crippen LogP contribution in [0, 0.1) is 15.4 Å². The molecule has 7 nitrogen and oxygen atoms in total. The number of rotatable bonds is 21. The van der Waals surface area contributed by atoms with Crippen molar-refractivity contribution in [2.24, 2.45) is 11.8 Å². The molecule has 8 aromatic rings. The van der Waals surface area contributed by atoms with Crippen LogP contribution in [0.15, 0.2) is 158 Å². The van der Waals surface area contributed by atoms with Gasteiger partial charge in [-0.05, 0) is 159 Å². The van der Waals surface area contributed by atoms with Crippen molar-refractivity contribution in [1.29, 1.82) is 0 Å². The summed E-state index contributed by atoms with van der Waals surface area (Å²) in [5, 5.41) is 4.02. The summed E-state index contributed by atoms with van der Waals surface area (Å²) >= 11 is 15.5. The average molecular weight is 1310 g/mol. The fraction of sp³-hybridized carbons (Fsp3) is 0.458. The number of halogens is 3. The van der Waals surface area contributed by atoms with E-state index in [9.17, 15) is 4.79 Å². The van der Waals surface area contributed by atoms with Crippen molar-refractivity contribution < 1.29 is 4.79 Å². The minimum Gasteiger partial charge on any atom is -0.359 e. The number of pyridine rings is 2. The molecule has 2 aliphatic carbocycles. The summed E-state index contributed by atoms with van der Waals surface area (Å²) in [4.78, 5) is 26.0. The minimum absolute atomic E-state index is 0.249. The van der Waals surface area contributed by atoms with Crippen molar-refractivity contribution in [1.82, 2.24) is 28.2 Å². The smallest absolute Gasteiger partial charge is 0.171 e. The Balaban J connectivity index is 0.000000180. The normalized spacial score (nSPS) is 17.6. The first-order valence-electron chi connectivity index (χ1n) is 31.4. The van der Waals surface area contributed by atoms with Crippen LogP contribution in [0.3, 0.4) is 0 Å². The van der Waals surface area contributed by atoms with Gasteiger partial charge in [0.05, 0.1) is 10.0 Å². The van der Waals surface area contributed by atoms with Crippen molar-refractivity contribution in [2.45, 2.75) is 200 Å². The fourth-order valence-electron chi connectivity index (χ4n) is 15.8. The molecule has 448 valence electrons. The summed E-state index contributed by atoms with van der Waals surface area (Å²) in [6.07, 6.45) is 17.4. The van der Waals surface area contributed by atoms with E-state index in [1.165, 1.54) is 57.9 Å². The van der Waals surface area contributed by atoms with Crippen LogP contribution in [0.1, 0.15) is 149 Å². The Labute approximate surface area is 530 Å². The molecule has 4 aromatic carbocycles. The summed E-state index contributed by atoms with van der Waals surface area (Å²) in [5.41, 5.74) is 12.8. The lowest BCUT2D eigenvalue weighted by molar-refractivity contribution is -0.111. The Hall–Kier alpha value is -4.41. The summed E-state index contributed by atoms with van der Waals surface area (Å²) in [7, 11) is -3.64. The van der Waals surface area contributed by atoms with Crippen LogP contribution in [0.25, 0.3) is 22.1 Å². The van der Waals surface area contributed by atoms with Gasteiger partial charge in [0.25, 0.3) is 0 Å². The SMILES string of the molecule is CC(C)[Si](C(C)C)(C(C)C)n1ccc2c(CC3CC[C@@H](N(Cc4ccccc4)Cc4ccccc4)C3)c(Cl)cnc21.CC(C)[Si](C(C)C)(C(C)C)n1ccc2c(I)c(Cl)cnc21.O=CC1CC[C@@H](N(Cc2ccccc2)Cc2ccccc2)C1. The van der Waals surface area contributed by atoms with Gasteiger partial charge in [0.2, 0.25) is 0 Å². The van der Waals surface area contributed by atoms with Crippen molar-refractivity contribution in [2.75, 3.05) is 0 Å². The number of fused-ring (bicyclic) bond motifs is 2. The molecule has 10 rings (SSSR count). The second kappa shape index (κ2) is 30.0. The molecular weight excluding hydrogens is 1220 g/mol. The topological polar surface area (TPSA) is 59.2 Å². The Kier molecular flexibility index (Phi) is 23.4.